The third kappa shape index (κ3) is 7.53. The third-order valence-corrected chi connectivity index (χ3v) is 5.40. The molecular formula is C24H32N2Pd+. The van der Waals surface area contributed by atoms with Crippen LogP contribution in [-0.4, -0.2) is 14.6 Å². The molecule has 0 unspecified atom stereocenters. The molecule has 0 aliphatic rings. The van der Waals surface area contributed by atoms with Crippen LogP contribution >= 0.6 is 0 Å². The van der Waals surface area contributed by atoms with Crippen LogP contribution in [0.4, 0.5) is 11.4 Å². The normalized spacial score (nSPS) is 12.8. The third-order valence-electron chi connectivity index (χ3n) is 4.57. The molecular weight excluding hydrogens is 423 g/mol. The van der Waals surface area contributed by atoms with Crippen molar-refractivity contribution in [3.8, 4) is 0 Å². The molecule has 0 heterocycles. The maximum absolute atomic E-state index is 5.06. The predicted octanol–water partition coefficient (Wildman–Crippen LogP) is 7.17. The van der Waals surface area contributed by atoms with E-state index in [1.807, 2.05) is 6.07 Å². The first kappa shape index (κ1) is 21.7. The molecule has 0 aliphatic carbocycles. The Bertz CT molecular complexity index is 721. The van der Waals surface area contributed by atoms with Gasteiger partial charge in [0.2, 0.25) is 0 Å². The van der Waals surface area contributed by atoms with Gasteiger partial charge < -0.3 is 0 Å². The van der Waals surface area contributed by atoms with Crippen molar-refractivity contribution in [3.63, 3.8) is 0 Å². The number of hydrogen-bond acceptors (Lipinski definition) is 1. The summed E-state index contributed by atoms with van der Waals surface area (Å²) in [6, 6.07) is 20.9. The molecule has 2 aromatic carbocycles. The zero-order valence-electron chi connectivity index (χ0n) is 16.6. The zero-order chi connectivity index (χ0) is 19.3. The first-order chi connectivity index (χ1) is 13.3. The zero-order valence-corrected chi connectivity index (χ0v) is 18.2. The summed E-state index contributed by atoms with van der Waals surface area (Å²) in [5.74, 6) is 0. The van der Waals surface area contributed by atoms with E-state index in [4.69, 9.17) is 4.99 Å². The molecule has 0 radical (unpaired) electrons. The fourth-order valence-corrected chi connectivity index (χ4v) is 3.64. The van der Waals surface area contributed by atoms with Crippen molar-refractivity contribution in [3.05, 3.63) is 60.7 Å². The van der Waals surface area contributed by atoms with Crippen molar-refractivity contribution in [1.29, 1.82) is 0 Å². The Morgan fingerprint density at radius 2 is 1.41 bits per heavy atom. The summed E-state index contributed by atoms with van der Waals surface area (Å²) in [4.78, 5) is 5.06. The molecule has 0 amide bonds. The molecule has 3 heteroatoms. The van der Waals surface area contributed by atoms with E-state index in [2.05, 4.69) is 91.1 Å². The molecule has 2 nitrogen and oxygen atoms in total. The molecule has 0 aromatic heterocycles. The summed E-state index contributed by atoms with van der Waals surface area (Å²) in [7, 11) is 0. The van der Waals surface area contributed by atoms with E-state index >= 15 is 0 Å². The molecule has 0 atom stereocenters. The van der Waals surface area contributed by atoms with Crippen LogP contribution in [0.5, 0.6) is 0 Å². The van der Waals surface area contributed by atoms with Gasteiger partial charge >= 0.3 is 176 Å². The number of benzene rings is 2. The summed E-state index contributed by atoms with van der Waals surface area (Å²) in [6.45, 7) is 4.50. The summed E-state index contributed by atoms with van der Waals surface area (Å²) in [6.07, 6.45) is 9.41. The van der Waals surface area contributed by atoms with Gasteiger partial charge in [-0.1, -0.05) is 0 Å². The number of nitrogens with zero attached hydrogens (tertiary/aromatic N) is 2. The van der Waals surface area contributed by atoms with Crippen molar-refractivity contribution >= 4 is 22.8 Å². The van der Waals surface area contributed by atoms with Gasteiger partial charge in [-0.3, -0.25) is 0 Å². The molecule has 0 spiro atoms. The van der Waals surface area contributed by atoms with E-state index in [9.17, 15) is 0 Å². The summed E-state index contributed by atoms with van der Waals surface area (Å²) in [5.41, 5.74) is 4.71. The van der Waals surface area contributed by atoms with Gasteiger partial charge in [0.1, 0.15) is 0 Å². The van der Waals surface area contributed by atoms with Crippen LogP contribution in [0.2, 0.25) is 0 Å². The standard InChI is InChI=1S/C24H32N2.Pd/c1-3-5-7-14-20-24(26-22-17-12-9-13-18-22)23(19-6-4-2)25-21-15-10-8-11-16-21;/h8-13,15-18H,3-7,14,19-20H2,1-2H3;/q;+1. The molecule has 27 heavy (non-hydrogen) atoms. The van der Waals surface area contributed by atoms with Crippen LogP contribution in [0, 0.1) is 0 Å². The van der Waals surface area contributed by atoms with Gasteiger partial charge in [-0.15, -0.1) is 0 Å². The molecule has 147 valence electrons. The van der Waals surface area contributed by atoms with Crippen LogP contribution in [0.3, 0.4) is 0 Å². The Morgan fingerprint density at radius 1 is 0.778 bits per heavy atom. The average Bonchev–Trinajstić information content (AvgIpc) is 2.72. The molecule has 0 bridgehead atoms. The van der Waals surface area contributed by atoms with E-state index in [-0.39, 0.29) is 0 Å². The number of unbranched alkanes of at least 4 members (excludes halogenated alkanes) is 4. The van der Waals surface area contributed by atoms with Crippen molar-refractivity contribution in [2.45, 2.75) is 65.2 Å². The average molecular weight is 455 g/mol. The second-order valence-corrected chi connectivity index (χ2v) is 7.54. The Balaban J connectivity index is 2.41. The Labute approximate surface area is 176 Å². The number of para-hydroxylation sites is 2. The van der Waals surface area contributed by atoms with Crippen LogP contribution in [0.1, 0.15) is 65.2 Å². The minimum absolute atomic E-state index is 1.01. The predicted molar refractivity (Wildman–Crippen MR) is 113 cm³/mol. The van der Waals surface area contributed by atoms with Crippen molar-refractivity contribution in [2.24, 2.45) is 4.99 Å². The van der Waals surface area contributed by atoms with Crippen molar-refractivity contribution < 1.29 is 22.7 Å². The molecule has 2 rings (SSSR count). The monoisotopic (exact) mass is 454 g/mol. The van der Waals surface area contributed by atoms with Gasteiger partial charge in [0, 0.05) is 0 Å². The van der Waals surface area contributed by atoms with Gasteiger partial charge in [-0.05, 0) is 0 Å². The van der Waals surface area contributed by atoms with Crippen LogP contribution < -0.4 is 0 Å². The van der Waals surface area contributed by atoms with Crippen LogP contribution in [0.15, 0.2) is 65.7 Å². The van der Waals surface area contributed by atoms with Gasteiger partial charge in [0.25, 0.3) is 0 Å². The number of hydrogen-bond donors (Lipinski definition) is 0. The Hall–Kier alpha value is -1.56. The van der Waals surface area contributed by atoms with E-state index in [0.717, 1.165) is 24.9 Å². The molecule has 0 saturated carbocycles. The van der Waals surface area contributed by atoms with E-state index in [1.54, 1.807) is 0 Å². The van der Waals surface area contributed by atoms with E-state index < -0.39 is 0 Å². The molecule has 2 aromatic rings. The quantitative estimate of drug-likeness (QED) is 0.194. The first-order valence-electron chi connectivity index (χ1n) is 10.2. The first-order valence-corrected chi connectivity index (χ1v) is 10.9. The topological polar surface area (TPSA) is 15.4 Å². The number of aliphatic imine (C=N–C) groups is 1. The summed E-state index contributed by atoms with van der Waals surface area (Å²) in [5, 5.41) is 0. The van der Waals surface area contributed by atoms with Gasteiger partial charge in [0.05, 0.1) is 0 Å². The Kier molecular flexibility index (Phi) is 10.3. The summed E-state index contributed by atoms with van der Waals surface area (Å²) < 4.78 is 2.20. The van der Waals surface area contributed by atoms with Crippen molar-refractivity contribution in [1.82, 2.24) is 0 Å². The molecule has 0 aliphatic heterocycles. The van der Waals surface area contributed by atoms with Crippen LogP contribution in [0.25, 0.3) is 0 Å². The molecule has 0 fully saturated rings. The van der Waals surface area contributed by atoms with E-state index in [0.29, 0.717) is 0 Å². The van der Waals surface area contributed by atoms with Gasteiger partial charge in [-0.2, -0.15) is 0 Å². The second kappa shape index (κ2) is 12.8. The fourth-order valence-electron chi connectivity index (χ4n) is 3.03. The summed E-state index contributed by atoms with van der Waals surface area (Å²) >= 11 is 3.51. The van der Waals surface area contributed by atoms with Gasteiger partial charge in [-0.25, -0.2) is 0 Å². The van der Waals surface area contributed by atoms with Crippen LogP contribution in [-0.2, 0) is 19.4 Å². The van der Waals surface area contributed by atoms with Gasteiger partial charge in [0.15, 0.2) is 0 Å². The fraction of sp³-hybridized carbons (Fsp3) is 0.417. The maximum atomic E-state index is 5.06. The molecule has 0 saturated heterocycles. The number of rotatable bonds is 11. The van der Waals surface area contributed by atoms with E-state index in [1.165, 1.54) is 49.2 Å². The second-order valence-electron chi connectivity index (χ2n) is 6.84. The molecule has 0 N–H and O–H groups in total. The SMILES string of the molecule is CCCCCCC(C(CCCC)=Nc1ccccc1)=[N+]([Pd])c1ccccc1. The van der Waals surface area contributed by atoms with Crippen molar-refractivity contribution in [2.75, 3.05) is 0 Å². The minimum atomic E-state index is 1.01. The Morgan fingerprint density at radius 3 is 2.04 bits per heavy atom.